The van der Waals surface area contributed by atoms with E-state index >= 15 is 0 Å². The van der Waals surface area contributed by atoms with Gasteiger partial charge < -0.3 is 19.2 Å². The molecule has 0 aliphatic heterocycles. The second-order valence-corrected chi connectivity index (χ2v) is 5.18. The fourth-order valence-corrected chi connectivity index (χ4v) is 2.08. The molecule has 5 nitrogen and oxygen atoms in total. The molecule has 0 saturated heterocycles. The molecule has 0 spiro atoms. The largest absolute Gasteiger partial charge is 0.493 e. The van der Waals surface area contributed by atoms with Crippen LogP contribution < -0.4 is 14.8 Å². The number of aryl methyl sites for hydroxylation is 2. The second kappa shape index (κ2) is 7.02. The first kappa shape index (κ1) is 15.9. The van der Waals surface area contributed by atoms with E-state index in [0.717, 1.165) is 17.1 Å². The van der Waals surface area contributed by atoms with E-state index in [9.17, 15) is 4.79 Å². The van der Waals surface area contributed by atoms with Crippen molar-refractivity contribution in [2.75, 3.05) is 13.7 Å². The lowest BCUT2D eigenvalue weighted by Gasteiger charge is -2.14. The van der Waals surface area contributed by atoms with E-state index < -0.39 is 0 Å². The summed E-state index contributed by atoms with van der Waals surface area (Å²) in [7, 11) is 1.57. The third-order valence-electron chi connectivity index (χ3n) is 3.24. The van der Waals surface area contributed by atoms with Crippen LogP contribution in [0.5, 0.6) is 11.5 Å². The first-order valence-corrected chi connectivity index (χ1v) is 7.12. The number of methoxy groups -OCH3 is 1. The molecular weight excluding hydrogens is 282 g/mol. The molecule has 2 rings (SSSR count). The number of nitrogens with one attached hydrogen (secondary N) is 1. The van der Waals surface area contributed by atoms with Gasteiger partial charge in [0.2, 0.25) is 0 Å². The molecule has 1 aromatic heterocycles. The topological polar surface area (TPSA) is 60.7 Å². The first-order valence-electron chi connectivity index (χ1n) is 7.12. The number of ether oxygens (including phenoxy) is 2. The fraction of sp³-hybridized carbons (Fsp3) is 0.353. The minimum Gasteiger partial charge on any atom is -0.493 e. The van der Waals surface area contributed by atoms with Gasteiger partial charge in [0.25, 0.3) is 5.91 Å². The van der Waals surface area contributed by atoms with Crippen molar-refractivity contribution in [2.24, 2.45) is 0 Å². The number of benzene rings is 1. The number of furan rings is 1. The van der Waals surface area contributed by atoms with Crippen LogP contribution in [0, 0.1) is 13.8 Å². The van der Waals surface area contributed by atoms with Crippen LogP contribution in [-0.4, -0.2) is 19.6 Å². The van der Waals surface area contributed by atoms with Crippen LogP contribution in [0.4, 0.5) is 0 Å². The summed E-state index contributed by atoms with van der Waals surface area (Å²) in [6.07, 6.45) is 0. The van der Waals surface area contributed by atoms with Crippen LogP contribution in [0.3, 0.4) is 0 Å². The van der Waals surface area contributed by atoms with Crippen molar-refractivity contribution in [3.63, 3.8) is 0 Å². The van der Waals surface area contributed by atoms with Crippen LogP contribution >= 0.6 is 0 Å². The summed E-state index contributed by atoms with van der Waals surface area (Å²) in [4.78, 5) is 12.0. The Morgan fingerprint density at radius 1 is 1.23 bits per heavy atom. The molecule has 1 N–H and O–H groups in total. The van der Waals surface area contributed by atoms with Gasteiger partial charge in [-0.3, -0.25) is 4.79 Å². The molecule has 2 aromatic rings. The van der Waals surface area contributed by atoms with Crippen LogP contribution in [0.1, 0.15) is 30.0 Å². The van der Waals surface area contributed by atoms with Crippen LogP contribution in [0.15, 0.2) is 34.7 Å². The lowest BCUT2D eigenvalue weighted by molar-refractivity contribution is -0.123. The molecule has 118 valence electrons. The van der Waals surface area contributed by atoms with Crippen LogP contribution in [-0.2, 0) is 4.79 Å². The third-order valence-corrected chi connectivity index (χ3v) is 3.24. The SMILES string of the molecule is COc1cc(C)ccc1OCC(=O)NC(C)c1ccc(C)o1. The quantitative estimate of drug-likeness (QED) is 0.890. The lowest BCUT2D eigenvalue weighted by atomic mass is 10.2. The molecule has 0 bridgehead atoms. The summed E-state index contributed by atoms with van der Waals surface area (Å²) in [6.45, 7) is 5.61. The van der Waals surface area contributed by atoms with E-state index in [0.29, 0.717) is 11.5 Å². The number of hydrogen-bond donors (Lipinski definition) is 1. The van der Waals surface area contributed by atoms with Crippen molar-refractivity contribution in [1.82, 2.24) is 5.32 Å². The molecule has 0 aliphatic carbocycles. The summed E-state index contributed by atoms with van der Waals surface area (Å²) in [5.41, 5.74) is 1.07. The van der Waals surface area contributed by atoms with Gasteiger partial charge >= 0.3 is 0 Å². The Hall–Kier alpha value is -2.43. The zero-order valence-corrected chi connectivity index (χ0v) is 13.3. The molecule has 22 heavy (non-hydrogen) atoms. The van der Waals surface area contributed by atoms with E-state index in [-0.39, 0.29) is 18.6 Å². The van der Waals surface area contributed by atoms with Gasteiger partial charge in [-0.25, -0.2) is 0 Å². The number of rotatable bonds is 6. The molecule has 1 heterocycles. The first-order chi connectivity index (χ1) is 10.5. The monoisotopic (exact) mass is 303 g/mol. The molecule has 1 atom stereocenters. The van der Waals surface area contributed by atoms with E-state index in [2.05, 4.69) is 5.32 Å². The zero-order chi connectivity index (χ0) is 16.1. The van der Waals surface area contributed by atoms with Crippen molar-refractivity contribution < 1.29 is 18.7 Å². The second-order valence-electron chi connectivity index (χ2n) is 5.18. The Kier molecular flexibility index (Phi) is 5.09. The maximum absolute atomic E-state index is 12.0. The highest BCUT2D eigenvalue weighted by molar-refractivity contribution is 5.78. The smallest absolute Gasteiger partial charge is 0.258 e. The molecule has 0 saturated carbocycles. The highest BCUT2D eigenvalue weighted by Crippen LogP contribution is 2.27. The molecule has 0 radical (unpaired) electrons. The summed E-state index contributed by atoms with van der Waals surface area (Å²) >= 11 is 0. The predicted octanol–water partition coefficient (Wildman–Crippen LogP) is 3.16. The minimum atomic E-state index is -0.218. The molecule has 1 unspecified atom stereocenters. The highest BCUT2D eigenvalue weighted by atomic mass is 16.5. The Morgan fingerprint density at radius 2 is 2.00 bits per heavy atom. The van der Waals surface area contributed by atoms with Gasteiger partial charge in [0, 0.05) is 0 Å². The molecule has 0 aliphatic rings. The van der Waals surface area contributed by atoms with Crippen molar-refractivity contribution >= 4 is 5.91 Å². The Bertz CT molecular complexity index is 648. The van der Waals surface area contributed by atoms with Gasteiger partial charge in [0.15, 0.2) is 18.1 Å². The Balaban J connectivity index is 1.90. The Morgan fingerprint density at radius 3 is 2.64 bits per heavy atom. The van der Waals surface area contributed by atoms with Crippen LogP contribution in [0.2, 0.25) is 0 Å². The summed E-state index contributed by atoms with van der Waals surface area (Å²) in [6, 6.07) is 9.08. The Labute approximate surface area is 130 Å². The number of amides is 1. The summed E-state index contributed by atoms with van der Waals surface area (Å²) in [5, 5.41) is 2.83. The van der Waals surface area contributed by atoms with Crippen molar-refractivity contribution in [2.45, 2.75) is 26.8 Å². The van der Waals surface area contributed by atoms with E-state index in [1.807, 2.05) is 45.0 Å². The normalized spacial score (nSPS) is 11.8. The standard InChI is InChI=1S/C17H21NO4/c1-11-5-7-15(16(9-11)20-4)21-10-17(19)18-13(3)14-8-6-12(2)22-14/h5-9,13H,10H2,1-4H3,(H,18,19). The van der Waals surface area contributed by atoms with E-state index in [1.165, 1.54) is 0 Å². The van der Waals surface area contributed by atoms with E-state index in [4.69, 9.17) is 13.9 Å². The van der Waals surface area contributed by atoms with Gasteiger partial charge in [0.05, 0.1) is 13.2 Å². The molecule has 1 aromatic carbocycles. The molecule has 1 amide bonds. The third kappa shape index (κ3) is 4.04. The highest BCUT2D eigenvalue weighted by Gasteiger charge is 2.14. The average molecular weight is 303 g/mol. The molecule has 0 fully saturated rings. The summed E-state index contributed by atoms with van der Waals surface area (Å²) in [5.74, 6) is 2.48. The van der Waals surface area contributed by atoms with Gasteiger partial charge in [0.1, 0.15) is 11.5 Å². The van der Waals surface area contributed by atoms with Crippen molar-refractivity contribution in [1.29, 1.82) is 0 Å². The molecule has 5 heteroatoms. The lowest BCUT2D eigenvalue weighted by Crippen LogP contribution is -2.31. The maximum atomic E-state index is 12.0. The predicted molar refractivity (Wildman–Crippen MR) is 83.2 cm³/mol. The van der Waals surface area contributed by atoms with Crippen molar-refractivity contribution in [3.8, 4) is 11.5 Å². The van der Waals surface area contributed by atoms with E-state index in [1.54, 1.807) is 13.2 Å². The maximum Gasteiger partial charge on any atom is 0.258 e. The van der Waals surface area contributed by atoms with Gasteiger partial charge in [-0.2, -0.15) is 0 Å². The zero-order valence-electron chi connectivity index (χ0n) is 13.3. The van der Waals surface area contributed by atoms with Gasteiger partial charge in [-0.05, 0) is 50.6 Å². The molecular formula is C17H21NO4. The number of carbonyl (C=O) groups excluding carboxylic acids is 1. The van der Waals surface area contributed by atoms with Crippen molar-refractivity contribution in [3.05, 3.63) is 47.4 Å². The fourth-order valence-electron chi connectivity index (χ4n) is 2.08. The summed E-state index contributed by atoms with van der Waals surface area (Å²) < 4.78 is 16.2. The van der Waals surface area contributed by atoms with Gasteiger partial charge in [-0.1, -0.05) is 6.07 Å². The van der Waals surface area contributed by atoms with Crippen LogP contribution in [0.25, 0.3) is 0 Å². The number of hydrogen-bond acceptors (Lipinski definition) is 4. The van der Waals surface area contributed by atoms with Gasteiger partial charge in [-0.15, -0.1) is 0 Å². The minimum absolute atomic E-state index is 0.0799. The average Bonchev–Trinajstić information content (AvgIpc) is 2.92. The number of carbonyl (C=O) groups is 1.